The first-order chi connectivity index (χ1) is 11.0. The van der Waals surface area contributed by atoms with E-state index in [1.165, 1.54) is 30.1 Å². The smallest absolute Gasteiger partial charge is 0.258 e. The minimum atomic E-state index is -3.63. The zero-order chi connectivity index (χ0) is 16.9. The van der Waals surface area contributed by atoms with Crippen molar-refractivity contribution in [2.75, 3.05) is 6.61 Å². The molecule has 0 saturated heterocycles. The molecule has 0 radical (unpaired) electrons. The summed E-state index contributed by atoms with van der Waals surface area (Å²) in [5.41, 5.74) is 0.970. The molecule has 0 aromatic heterocycles. The highest BCUT2D eigenvalue weighted by Crippen LogP contribution is 2.61. The van der Waals surface area contributed by atoms with Crippen molar-refractivity contribution in [2.24, 2.45) is 0 Å². The lowest BCUT2D eigenvalue weighted by Crippen LogP contribution is -2.02. The molecular weight excluding hydrogens is 338 g/mol. The topological polar surface area (TPSA) is 46.5 Å². The molecule has 0 aliphatic carbocycles. The van der Waals surface area contributed by atoms with Gasteiger partial charge in [-0.3, -0.25) is 4.57 Å². The maximum atomic E-state index is 13.1. The van der Waals surface area contributed by atoms with Gasteiger partial charge in [-0.2, -0.15) is 0 Å². The number of aliphatic hydroxyl groups excluding tert-OH is 1. The van der Waals surface area contributed by atoms with Gasteiger partial charge in [-0.15, -0.1) is 0 Å². The van der Waals surface area contributed by atoms with Gasteiger partial charge in [0.25, 0.3) is 7.37 Å². The Labute approximate surface area is 139 Å². The summed E-state index contributed by atoms with van der Waals surface area (Å²) >= 11 is 6.22. The van der Waals surface area contributed by atoms with E-state index in [9.17, 15) is 14.1 Å². The zero-order valence-corrected chi connectivity index (χ0v) is 14.2. The first-order valence-corrected chi connectivity index (χ1v) is 9.21. The third kappa shape index (κ3) is 4.52. The van der Waals surface area contributed by atoms with Gasteiger partial charge in [-0.05, 0) is 30.2 Å². The van der Waals surface area contributed by atoms with Gasteiger partial charge in [0.1, 0.15) is 5.82 Å². The lowest BCUT2D eigenvalue weighted by molar-refractivity contribution is 0.218. The van der Waals surface area contributed by atoms with Crippen molar-refractivity contribution in [3.8, 4) is 0 Å². The van der Waals surface area contributed by atoms with Gasteiger partial charge in [0, 0.05) is 5.82 Å². The van der Waals surface area contributed by atoms with E-state index in [1.54, 1.807) is 31.2 Å². The Morgan fingerprint density at radius 1 is 1.26 bits per heavy atom. The molecule has 0 aliphatic rings. The number of halogens is 2. The predicted molar refractivity (Wildman–Crippen MR) is 90.9 cm³/mol. The molecule has 0 bridgehead atoms. The Morgan fingerprint density at radius 3 is 2.43 bits per heavy atom. The normalized spacial score (nSPS) is 15.9. The average Bonchev–Trinajstić information content (AvgIpc) is 2.56. The van der Waals surface area contributed by atoms with Crippen LogP contribution >= 0.6 is 19.0 Å². The minimum Gasteiger partial charge on any atom is -0.378 e. The fourth-order valence-electron chi connectivity index (χ4n) is 2.05. The summed E-state index contributed by atoms with van der Waals surface area (Å²) in [6, 6.07) is 14.1. The van der Waals surface area contributed by atoms with Crippen molar-refractivity contribution in [1.29, 1.82) is 0 Å². The highest BCUT2D eigenvalue weighted by atomic mass is 35.5. The molecule has 0 unspecified atom stereocenters. The Kier molecular flexibility index (Phi) is 6.14. The number of hydrogen-bond donors (Lipinski definition) is 1. The molecule has 0 aliphatic heterocycles. The molecule has 0 saturated carbocycles. The largest absolute Gasteiger partial charge is 0.378 e. The van der Waals surface area contributed by atoms with E-state index in [4.69, 9.17) is 16.1 Å². The SMILES string of the molecule is CCO[P@](=O)(/C=C(\Cl)c1ccccc1)[C@H](O)c1ccc(F)cc1. The van der Waals surface area contributed by atoms with Crippen LogP contribution in [-0.4, -0.2) is 11.7 Å². The number of hydrogen-bond acceptors (Lipinski definition) is 3. The van der Waals surface area contributed by atoms with E-state index >= 15 is 0 Å². The van der Waals surface area contributed by atoms with Crippen LogP contribution in [-0.2, 0) is 9.09 Å². The number of rotatable bonds is 6. The van der Waals surface area contributed by atoms with Gasteiger partial charge in [0.05, 0.1) is 11.6 Å². The molecule has 1 N–H and O–H groups in total. The van der Waals surface area contributed by atoms with Crippen molar-refractivity contribution in [2.45, 2.75) is 12.8 Å². The minimum absolute atomic E-state index is 0.144. The van der Waals surface area contributed by atoms with Crippen LogP contribution in [0.4, 0.5) is 4.39 Å². The van der Waals surface area contributed by atoms with Crippen molar-refractivity contribution < 1.29 is 18.6 Å². The second-order valence-electron chi connectivity index (χ2n) is 4.83. The van der Waals surface area contributed by atoms with Crippen LogP contribution in [0.2, 0.25) is 0 Å². The molecule has 3 nitrogen and oxygen atoms in total. The Hall–Kier alpha value is -1.45. The second kappa shape index (κ2) is 7.89. The van der Waals surface area contributed by atoms with Crippen molar-refractivity contribution >= 4 is 24.0 Å². The van der Waals surface area contributed by atoms with Gasteiger partial charge < -0.3 is 9.63 Å². The van der Waals surface area contributed by atoms with Crippen LogP contribution < -0.4 is 0 Å². The van der Waals surface area contributed by atoms with Crippen LogP contribution in [0.1, 0.15) is 23.9 Å². The molecule has 6 heteroatoms. The maximum absolute atomic E-state index is 13.1. The van der Waals surface area contributed by atoms with E-state index in [2.05, 4.69) is 0 Å². The summed E-state index contributed by atoms with van der Waals surface area (Å²) in [5.74, 6) is -0.605. The summed E-state index contributed by atoms with van der Waals surface area (Å²) in [5, 5.41) is 10.7. The lowest BCUT2D eigenvalue weighted by atomic mass is 10.2. The number of aliphatic hydroxyl groups is 1. The van der Waals surface area contributed by atoms with Crippen molar-refractivity contribution in [3.05, 3.63) is 77.4 Å². The van der Waals surface area contributed by atoms with Gasteiger partial charge >= 0.3 is 0 Å². The monoisotopic (exact) mass is 354 g/mol. The Morgan fingerprint density at radius 2 is 1.87 bits per heavy atom. The summed E-state index contributed by atoms with van der Waals surface area (Å²) in [7, 11) is -3.63. The molecule has 0 fully saturated rings. The van der Waals surface area contributed by atoms with Gasteiger partial charge in [-0.25, -0.2) is 4.39 Å². The van der Waals surface area contributed by atoms with Crippen molar-refractivity contribution in [1.82, 2.24) is 0 Å². The quantitative estimate of drug-likeness (QED) is 0.709. The second-order valence-corrected chi connectivity index (χ2v) is 7.53. The molecule has 0 amide bonds. The fraction of sp³-hybridized carbons (Fsp3) is 0.176. The fourth-order valence-corrected chi connectivity index (χ4v) is 4.40. The molecule has 0 spiro atoms. The van der Waals surface area contributed by atoms with Gasteiger partial charge in [0.15, 0.2) is 5.85 Å². The molecule has 2 aromatic rings. The van der Waals surface area contributed by atoms with Crippen LogP contribution in [0.5, 0.6) is 0 Å². The molecule has 23 heavy (non-hydrogen) atoms. The molecule has 0 heterocycles. The predicted octanol–water partition coefficient (Wildman–Crippen LogP) is 5.37. The first kappa shape index (κ1) is 17.9. The van der Waals surface area contributed by atoms with Crippen LogP contribution in [0.3, 0.4) is 0 Å². The Bertz CT molecular complexity index is 716. The van der Waals surface area contributed by atoms with Gasteiger partial charge in [-0.1, -0.05) is 54.1 Å². The van der Waals surface area contributed by atoms with E-state index in [1.807, 2.05) is 6.07 Å². The van der Waals surface area contributed by atoms with E-state index in [-0.39, 0.29) is 11.6 Å². The molecule has 2 aromatic carbocycles. The number of benzene rings is 2. The Balaban J connectivity index is 2.38. The third-order valence-electron chi connectivity index (χ3n) is 3.18. The van der Waals surface area contributed by atoms with E-state index in [0.717, 1.165) is 0 Å². The average molecular weight is 355 g/mol. The van der Waals surface area contributed by atoms with Crippen LogP contribution in [0.15, 0.2) is 60.4 Å². The van der Waals surface area contributed by atoms with E-state index in [0.29, 0.717) is 11.1 Å². The lowest BCUT2D eigenvalue weighted by Gasteiger charge is -2.21. The molecule has 2 atom stereocenters. The molecule has 2 rings (SSSR count). The van der Waals surface area contributed by atoms with Crippen LogP contribution in [0, 0.1) is 5.82 Å². The summed E-state index contributed by atoms with van der Waals surface area (Å²) in [4.78, 5) is 0. The highest BCUT2D eigenvalue weighted by molar-refractivity contribution is 7.62. The van der Waals surface area contributed by atoms with Gasteiger partial charge in [0.2, 0.25) is 0 Å². The van der Waals surface area contributed by atoms with E-state index < -0.39 is 19.0 Å². The standard InChI is InChI=1S/C17H17ClFO3P/c1-2-22-23(21,12-16(18)13-6-4-3-5-7-13)17(20)14-8-10-15(19)11-9-14/h3-12,17,20H,2H2,1H3/b16-12-/t17-,23+/m0/s1. The zero-order valence-electron chi connectivity index (χ0n) is 12.5. The maximum Gasteiger partial charge on any atom is 0.258 e. The molecular formula is C17H17ClFO3P. The van der Waals surface area contributed by atoms with Crippen molar-refractivity contribution in [3.63, 3.8) is 0 Å². The highest BCUT2D eigenvalue weighted by Gasteiger charge is 2.32. The van der Waals surface area contributed by atoms with Crippen LogP contribution in [0.25, 0.3) is 5.03 Å². The first-order valence-electron chi connectivity index (χ1n) is 7.07. The molecule has 122 valence electrons. The summed E-state index contributed by atoms with van der Waals surface area (Å²) < 4.78 is 31.4. The summed E-state index contributed by atoms with van der Waals surface area (Å²) in [6.45, 7) is 1.82. The third-order valence-corrected chi connectivity index (χ3v) is 5.92. The summed E-state index contributed by atoms with van der Waals surface area (Å²) in [6.07, 6.45) is 0.